The summed E-state index contributed by atoms with van der Waals surface area (Å²) in [5, 5.41) is 12.8. The average Bonchev–Trinajstić information content (AvgIpc) is 2.46. The van der Waals surface area contributed by atoms with Gasteiger partial charge in [-0.15, -0.1) is 0 Å². The summed E-state index contributed by atoms with van der Waals surface area (Å²) < 4.78 is 4.06. The number of carboxylic acid groups (broad SMARTS) is 1. The fraction of sp³-hybridized carbons (Fsp3) is 0.667. The lowest BCUT2D eigenvalue weighted by Crippen LogP contribution is -2.46. The molecule has 0 spiro atoms. The third-order valence-corrected chi connectivity index (χ3v) is 3.42. The lowest BCUT2D eigenvalue weighted by molar-refractivity contribution is -0.138. The molecule has 15 heavy (non-hydrogen) atoms. The topological polar surface area (TPSA) is 75.1 Å². The van der Waals surface area contributed by atoms with E-state index in [1.165, 1.54) is 11.5 Å². The molecule has 0 radical (unpaired) electrons. The Morgan fingerprint density at radius 1 is 1.67 bits per heavy atom. The van der Waals surface area contributed by atoms with Crippen molar-refractivity contribution in [1.29, 1.82) is 0 Å². The van der Waals surface area contributed by atoms with Crippen LogP contribution < -0.4 is 5.32 Å². The monoisotopic (exact) mass is 227 g/mol. The number of carbonyl (C=O) groups is 1. The number of anilines is 1. The van der Waals surface area contributed by atoms with E-state index in [0.29, 0.717) is 0 Å². The molecule has 1 aromatic rings. The zero-order valence-electron chi connectivity index (χ0n) is 8.49. The summed E-state index contributed by atoms with van der Waals surface area (Å²) in [5.74, 6) is -0.0317. The standard InChI is InChI=1S/C9H13N3O2S/c1-6-10-8(15-12-6)11-9(3-2-4-9)5-7(13)14/h2-5H2,1H3,(H,13,14)(H,10,11,12). The smallest absolute Gasteiger partial charge is 0.305 e. The lowest BCUT2D eigenvalue weighted by Gasteiger charge is -2.41. The molecular weight excluding hydrogens is 214 g/mol. The van der Waals surface area contributed by atoms with Gasteiger partial charge in [0.15, 0.2) is 0 Å². The van der Waals surface area contributed by atoms with Crippen molar-refractivity contribution in [3.63, 3.8) is 0 Å². The Bertz CT molecular complexity index is 373. The number of hydrogen-bond donors (Lipinski definition) is 2. The van der Waals surface area contributed by atoms with Crippen molar-refractivity contribution in [3.05, 3.63) is 5.82 Å². The summed E-state index contributed by atoms with van der Waals surface area (Å²) in [6.45, 7) is 1.83. The van der Waals surface area contributed by atoms with Crippen LogP contribution in [0.25, 0.3) is 0 Å². The maximum absolute atomic E-state index is 10.7. The molecule has 1 heterocycles. The SMILES string of the molecule is Cc1nsc(NC2(CC(=O)O)CCC2)n1. The van der Waals surface area contributed by atoms with Crippen LogP contribution in [0.3, 0.4) is 0 Å². The first-order valence-electron chi connectivity index (χ1n) is 4.90. The molecule has 1 aromatic heterocycles. The normalized spacial score (nSPS) is 18.2. The van der Waals surface area contributed by atoms with Crippen LogP contribution in [0.2, 0.25) is 0 Å². The first-order valence-corrected chi connectivity index (χ1v) is 5.67. The van der Waals surface area contributed by atoms with Crippen LogP contribution in [0, 0.1) is 6.92 Å². The quantitative estimate of drug-likeness (QED) is 0.818. The Morgan fingerprint density at radius 3 is 2.80 bits per heavy atom. The van der Waals surface area contributed by atoms with E-state index in [2.05, 4.69) is 14.7 Å². The highest BCUT2D eigenvalue weighted by atomic mass is 32.1. The van der Waals surface area contributed by atoms with Crippen molar-refractivity contribution in [2.24, 2.45) is 0 Å². The highest BCUT2D eigenvalue weighted by Crippen LogP contribution is 2.38. The van der Waals surface area contributed by atoms with Gasteiger partial charge in [0.25, 0.3) is 0 Å². The Labute approximate surface area is 91.7 Å². The average molecular weight is 227 g/mol. The molecule has 1 fully saturated rings. The van der Waals surface area contributed by atoms with Gasteiger partial charge in [-0.25, -0.2) is 4.98 Å². The number of aromatic nitrogens is 2. The molecule has 5 nitrogen and oxygen atoms in total. The summed E-state index contributed by atoms with van der Waals surface area (Å²) in [4.78, 5) is 14.9. The molecule has 1 saturated carbocycles. The van der Waals surface area contributed by atoms with Crippen LogP contribution in [0.1, 0.15) is 31.5 Å². The molecule has 2 N–H and O–H groups in total. The summed E-state index contributed by atoms with van der Waals surface area (Å²) in [6, 6.07) is 0. The van der Waals surface area contributed by atoms with Gasteiger partial charge < -0.3 is 10.4 Å². The van der Waals surface area contributed by atoms with E-state index < -0.39 is 5.97 Å². The van der Waals surface area contributed by atoms with Crippen LogP contribution in [0.5, 0.6) is 0 Å². The lowest BCUT2D eigenvalue weighted by atomic mass is 9.74. The molecule has 6 heteroatoms. The first-order chi connectivity index (χ1) is 7.10. The molecule has 1 aliphatic carbocycles. The molecular formula is C9H13N3O2S. The highest BCUT2D eigenvalue weighted by Gasteiger charge is 2.39. The fourth-order valence-corrected chi connectivity index (χ4v) is 2.51. The summed E-state index contributed by atoms with van der Waals surface area (Å²) in [7, 11) is 0. The second-order valence-electron chi connectivity index (χ2n) is 3.98. The van der Waals surface area contributed by atoms with E-state index in [1.54, 1.807) is 0 Å². The van der Waals surface area contributed by atoms with Crippen LogP contribution in [-0.2, 0) is 4.79 Å². The summed E-state index contributed by atoms with van der Waals surface area (Å²) in [6.07, 6.45) is 3.04. The Hall–Kier alpha value is -1.17. The van der Waals surface area contributed by atoms with Crippen LogP contribution >= 0.6 is 11.5 Å². The van der Waals surface area contributed by atoms with Crippen LogP contribution in [-0.4, -0.2) is 26.0 Å². The van der Waals surface area contributed by atoms with Crippen molar-refractivity contribution in [2.75, 3.05) is 5.32 Å². The van der Waals surface area contributed by atoms with Crippen LogP contribution in [0.15, 0.2) is 0 Å². The van der Waals surface area contributed by atoms with Gasteiger partial charge in [-0.3, -0.25) is 4.79 Å². The molecule has 0 amide bonds. The van der Waals surface area contributed by atoms with E-state index in [4.69, 9.17) is 5.11 Å². The second kappa shape index (κ2) is 3.77. The zero-order valence-corrected chi connectivity index (χ0v) is 9.30. The molecule has 1 aliphatic rings. The molecule has 0 bridgehead atoms. The van der Waals surface area contributed by atoms with Gasteiger partial charge in [0.2, 0.25) is 5.13 Å². The number of nitrogens with zero attached hydrogens (tertiary/aromatic N) is 2. The highest BCUT2D eigenvalue weighted by molar-refractivity contribution is 7.09. The third-order valence-electron chi connectivity index (χ3n) is 2.70. The summed E-state index contributed by atoms with van der Waals surface area (Å²) >= 11 is 1.29. The third kappa shape index (κ3) is 2.26. The van der Waals surface area contributed by atoms with Gasteiger partial charge >= 0.3 is 5.97 Å². The maximum atomic E-state index is 10.7. The van der Waals surface area contributed by atoms with E-state index >= 15 is 0 Å². The van der Waals surface area contributed by atoms with Crippen molar-refractivity contribution < 1.29 is 9.90 Å². The maximum Gasteiger partial charge on any atom is 0.305 e. The fourth-order valence-electron chi connectivity index (χ4n) is 1.81. The molecule has 2 rings (SSSR count). The van der Waals surface area contributed by atoms with Gasteiger partial charge in [-0.05, 0) is 26.2 Å². The Kier molecular flexibility index (Phi) is 2.60. The van der Waals surface area contributed by atoms with Crippen molar-refractivity contribution in [1.82, 2.24) is 9.36 Å². The number of aryl methyl sites for hydroxylation is 1. The number of hydrogen-bond acceptors (Lipinski definition) is 5. The van der Waals surface area contributed by atoms with Crippen molar-refractivity contribution in [3.8, 4) is 0 Å². The minimum atomic E-state index is -0.761. The molecule has 82 valence electrons. The minimum Gasteiger partial charge on any atom is -0.481 e. The predicted octanol–water partition coefficient (Wildman–Crippen LogP) is 1.66. The van der Waals surface area contributed by atoms with Gasteiger partial charge in [-0.1, -0.05) is 0 Å². The summed E-state index contributed by atoms with van der Waals surface area (Å²) in [5.41, 5.74) is -0.280. The largest absolute Gasteiger partial charge is 0.481 e. The molecule has 0 aliphatic heterocycles. The van der Waals surface area contributed by atoms with E-state index in [0.717, 1.165) is 30.2 Å². The molecule has 0 aromatic carbocycles. The number of nitrogens with one attached hydrogen (secondary N) is 1. The Morgan fingerprint density at radius 2 is 2.40 bits per heavy atom. The van der Waals surface area contributed by atoms with E-state index in [-0.39, 0.29) is 12.0 Å². The first kappa shape index (κ1) is 10.4. The predicted molar refractivity (Wildman–Crippen MR) is 57.1 cm³/mol. The molecule has 0 atom stereocenters. The van der Waals surface area contributed by atoms with Crippen molar-refractivity contribution >= 4 is 22.6 Å². The van der Waals surface area contributed by atoms with Crippen LogP contribution in [0.4, 0.5) is 5.13 Å². The van der Waals surface area contributed by atoms with Gasteiger partial charge in [0.1, 0.15) is 5.82 Å². The van der Waals surface area contributed by atoms with Gasteiger partial charge in [0, 0.05) is 11.5 Å². The number of carboxylic acids is 1. The Balaban J connectivity index is 2.04. The molecule has 0 saturated heterocycles. The molecule has 0 unspecified atom stereocenters. The van der Waals surface area contributed by atoms with Gasteiger partial charge in [-0.2, -0.15) is 4.37 Å². The van der Waals surface area contributed by atoms with E-state index in [9.17, 15) is 4.79 Å². The van der Waals surface area contributed by atoms with Crippen molar-refractivity contribution in [2.45, 2.75) is 38.1 Å². The van der Waals surface area contributed by atoms with Gasteiger partial charge in [0.05, 0.1) is 12.0 Å². The minimum absolute atomic E-state index is 0.158. The van der Waals surface area contributed by atoms with E-state index in [1.807, 2.05) is 6.92 Å². The zero-order chi connectivity index (χ0) is 10.9. The second-order valence-corrected chi connectivity index (χ2v) is 4.73. The number of rotatable bonds is 4. The number of aliphatic carboxylic acids is 1.